The van der Waals surface area contributed by atoms with E-state index in [4.69, 9.17) is 9.05 Å². The molecule has 2 aromatic rings. The van der Waals surface area contributed by atoms with Gasteiger partial charge in [0.25, 0.3) is 0 Å². The van der Waals surface area contributed by atoms with Crippen molar-refractivity contribution in [2.45, 2.75) is 33.6 Å². The van der Waals surface area contributed by atoms with Crippen LogP contribution in [-0.4, -0.2) is 33.8 Å². The molecule has 0 unspecified atom stereocenters. The van der Waals surface area contributed by atoms with Gasteiger partial charge in [0.1, 0.15) is 0 Å². The van der Waals surface area contributed by atoms with Gasteiger partial charge < -0.3 is 9.05 Å². The van der Waals surface area contributed by atoms with Gasteiger partial charge in [0.15, 0.2) is 0 Å². The van der Waals surface area contributed by atoms with Crippen LogP contribution in [0.3, 0.4) is 0 Å². The summed E-state index contributed by atoms with van der Waals surface area (Å²) in [5.74, 6) is -0.206. The number of hydrogen-bond acceptors (Lipinski definition) is 4. The largest absolute Gasteiger partial charge is 0.335 e. The Kier molecular flexibility index (Phi) is 4.58. The van der Waals surface area contributed by atoms with E-state index in [0.717, 1.165) is 22.8 Å². The van der Waals surface area contributed by atoms with Crippen molar-refractivity contribution in [2.75, 3.05) is 14.2 Å². The van der Waals surface area contributed by atoms with Crippen LogP contribution in [-0.2, 0) is 9.05 Å². The summed E-state index contributed by atoms with van der Waals surface area (Å²) in [7, 11) is 2.13. The van der Waals surface area contributed by atoms with Gasteiger partial charge in [-0.05, 0) is 39.8 Å². The van der Waals surface area contributed by atoms with Gasteiger partial charge in [-0.15, -0.1) is 0 Å². The van der Waals surface area contributed by atoms with E-state index in [1.165, 1.54) is 0 Å². The molecule has 110 valence electrons. The van der Waals surface area contributed by atoms with Gasteiger partial charge in [-0.2, -0.15) is 10.2 Å². The third-order valence-electron chi connectivity index (χ3n) is 3.08. The van der Waals surface area contributed by atoms with Crippen LogP contribution < -0.4 is 0 Å². The van der Waals surface area contributed by atoms with Gasteiger partial charge in [0.05, 0.1) is 11.4 Å². The molecule has 0 saturated carbocycles. The van der Waals surface area contributed by atoms with E-state index in [1.54, 1.807) is 14.2 Å². The minimum absolute atomic E-state index is 0.206. The van der Waals surface area contributed by atoms with Crippen LogP contribution in [0.2, 0.25) is 0 Å². The van der Waals surface area contributed by atoms with Crippen molar-refractivity contribution in [1.29, 1.82) is 0 Å². The molecule has 0 aliphatic heterocycles. The molecule has 2 rings (SSSR count). The number of rotatable bonds is 5. The van der Waals surface area contributed by atoms with Crippen molar-refractivity contribution in [2.24, 2.45) is 0 Å². The first-order chi connectivity index (χ1) is 9.47. The van der Waals surface area contributed by atoms with Crippen LogP contribution in [0.15, 0.2) is 12.1 Å². The molecule has 0 aromatic carbocycles. The molecule has 0 aliphatic rings. The normalized spacial score (nSPS) is 11.8. The summed E-state index contributed by atoms with van der Waals surface area (Å²) in [5, 5.41) is 9.13. The topological polar surface area (TPSA) is 54.1 Å². The second-order valence-electron chi connectivity index (χ2n) is 4.74. The van der Waals surface area contributed by atoms with Crippen molar-refractivity contribution in [3.05, 3.63) is 34.9 Å². The SMILES string of the molecule is COP(OC)C(n1nc(C)cc1C)n1nc(C)cc1C. The van der Waals surface area contributed by atoms with Crippen LogP contribution in [0.1, 0.15) is 28.7 Å². The minimum Gasteiger partial charge on any atom is -0.335 e. The zero-order chi connectivity index (χ0) is 14.9. The molecule has 0 atom stereocenters. The zero-order valence-electron chi connectivity index (χ0n) is 12.8. The summed E-state index contributed by atoms with van der Waals surface area (Å²) in [6.07, 6.45) is 0. The van der Waals surface area contributed by atoms with Gasteiger partial charge in [-0.25, -0.2) is 9.36 Å². The van der Waals surface area contributed by atoms with Crippen LogP contribution in [0.25, 0.3) is 0 Å². The average molecular weight is 296 g/mol. The lowest BCUT2D eigenvalue weighted by Gasteiger charge is -2.26. The molecular formula is C13H21N4O2P. The fourth-order valence-corrected chi connectivity index (χ4v) is 3.66. The Hall–Kier alpha value is -1.23. The van der Waals surface area contributed by atoms with E-state index in [0.29, 0.717) is 0 Å². The molecule has 0 aliphatic carbocycles. The maximum Gasteiger partial charge on any atom is 0.220 e. The monoisotopic (exact) mass is 296 g/mol. The fourth-order valence-electron chi connectivity index (χ4n) is 2.31. The van der Waals surface area contributed by atoms with Gasteiger partial charge in [-0.3, -0.25) is 0 Å². The van der Waals surface area contributed by atoms with Crippen molar-refractivity contribution in [3.63, 3.8) is 0 Å². The quantitative estimate of drug-likeness (QED) is 0.796. The molecule has 2 heterocycles. The molecule has 0 bridgehead atoms. The number of aryl methyl sites for hydroxylation is 4. The van der Waals surface area contributed by atoms with E-state index in [-0.39, 0.29) is 5.91 Å². The fraction of sp³-hybridized carbons (Fsp3) is 0.538. The Morgan fingerprint density at radius 1 is 0.900 bits per heavy atom. The van der Waals surface area contributed by atoms with Crippen molar-refractivity contribution in [1.82, 2.24) is 19.6 Å². The Morgan fingerprint density at radius 3 is 1.55 bits per heavy atom. The summed E-state index contributed by atoms with van der Waals surface area (Å²) >= 11 is 0. The third kappa shape index (κ3) is 2.77. The smallest absolute Gasteiger partial charge is 0.220 e. The number of aromatic nitrogens is 4. The maximum absolute atomic E-state index is 5.52. The predicted molar refractivity (Wildman–Crippen MR) is 78.8 cm³/mol. The van der Waals surface area contributed by atoms with Crippen LogP contribution >= 0.6 is 8.38 Å². The highest BCUT2D eigenvalue weighted by Crippen LogP contribution is 2.50. The molecule has 0 N–H and O–H groups in total. The van der Waals surface area contributed by atoms with E-state index in [9.17, 15) is 0 Å². The van der Waals surface area contributed by atoms with Crippen LogP contribution in [0, 0.1) is 27.7 Å². The zero-order valence-corrected chi connectivity index (χ0v) is 13.7. The van der Waals surface area contributed by atoms with Crippen molar-refractivity contribution >= 4 is 8.38 Å². The summed E-state index contributed by atoms with van der Waals surface area (Å²) in [6.45, 7) is 8.00. The van der Waals surface area contributed by atoms with Crippen molar-refractivity contribution in [3.8, 4) is 0 Å². The summed E-state index contributed by atoms with van der Waals surface area (Å²) in [4.78, 5) is 0. The minimum atomic E-state index is -1.18. The summed E-state index contributed by atoms with van der Waals surface area (Å²) in [6, 6.07) is 4.08. The van der Waals surface area contributed by atoms with E-state index in [1.807, 2.05) is 49.2 Å². The Balaban J connectivity index is 2.55. The van der Waals surface area contributed by atoms with Gasteiger partial charge >= 0.3 is 0 Å². The molecular weight excluding hydrogens is 275 g/mol. The lowest BCUT2D eigenvalue weighted by atomic mass is 10.4. The van der Waals surface area contributed by atoms with Crippen LogP contribution in [0.5, 0.6) is 0 Å². The van der Waals surface area contributed by atoms with Gasteiger partial charge in [-0.1, -0.05) is 0 Å². The molecule has 20 heavy (non-hydrogen) atoms. The first kappa shape index (κ1) is 15.2. The van der Waals surface area contributed by atoms with E-state index >= 15 is 0 Å². The first-order valence-corrected chi connectivity index (χ1v) is 7.65. The molecule has 0 radical (unpaired) electrons. The Bertz CT molecular complexity index is 543. The third-order valence-corrected chi connectivity index (χ3v) is 4.61. The summed E-state index contributed by atoms with van der Waals surface area (Å²) in [5.41, 5.74) is 4.05. The molecule has 0 fully saturated rings. The first-order valence-electron chi connectivity index (χ1n) is 6.41. The molecule has 2 aromatic heterocycles. The predicted octanol–water partition coefficient (Wildman–Crippen LogP) is 2.92. The standard InChI is InChI=1S/C13H21N4O2P/c1-9-7-11(3)16(14-9)13(20(18-5)19-6)17-12(4)8-10(2)15-17/h7-8,13H,1-6H3. The second-order valence-corrected chi connectivity index (χ2v) is 6.50. The molecule has 0 spiro atoms. The second kappa shape index (κ2) is 6.04. The number of hydrogen-bond donors (Lipinski definition) is 0. The van der Waals surface area contributed by atoms with Gasteiger partial charge in [0.2, 0.25) is 14.3 Å². The molecule has 6 nitrogen and oxygen atoms in total. The molecule has 0 amide bonds. The lowest BCUT2D eigenvalue weighted by molar-refractivity contribution is 0.295. The highest BCUT2D eigenvalue weighted by atomic mass is 31.2. The summed E-state index contributed by atoms with van der Waals surface area (Å²) < 4.78 is 14.9. The van der Waals surface area contributed by atoms with Crippen molar-refractivity contribution < 1.29 is 9.05 Å². The molecule has 0 saturated heterocycles. The highest BCUT2D eigenvalue weighted by Gasteiger charge is 2.30. The van der Waals surface area contributed by atoms with Crippen LogP contribution in [0.4, 0.5) is 0 Å². The Labute approximate surface area is 120 Å². The Morgan fingerprint density at radius 2 is 1.30 bits per heavy atom. The lowest BCUT2D eigenvalue weighted by Crippen LogP contribution is -2.22. The van der Waals surface area contributed by atoms with E-state index < -0.39 is 8.38 Å². The number of nitrogens with zero attached hydrogens (tertiary/aromatic N) is 4. The van der Waals surface area contributed by atoms with Gasteiger partial charge in [0, 0.05) is 25.6 Å². The molecule has 7 heteroatoms. The highest BCUT2D eigenvalue weighted by molar-refractivity contribution is 7.47. The average Bonchev–Trinajstić information content (AvgIpc) is 2.88. The van der Waals surface area contributed by atoms with E-state index in [2.05, 4.69) is 10.2 Å². The maximum atomic E-state index is 5.52.